The van der Waals surface area contributed by atoms with E-state index < -0.39 is 0 Å². The molecule has 1 aromatic carbocycles. The topological polar surface area (TPSA) is 92.4 Å². The number of benzene rings is 1. The minimum absolute atomic E-state index is 0.0893. The second-order valence-corrected chi connectivity index (χ2v) is 8.99. The first-order valence-corrected chi connectivity index (χ1v) is 11.4. The smallest absolute Gasteiger partial charge is 0.291 e. The summed E-state index contributed by atoms with van der Waals surface area (Å²) >= 11 is 0. The molecule has 1 aliphatic heterocycles. The molecule has 0 saturated heterocycles. The Labute approximate surface area is 205 Å². The van der Waals surface area contributed by atoms with Gasteiger partial charge in [0.1, 0.15) is 0 Å². The van der Waals surface area contributed by atoms with E-state index in [1.165, 1.54) is 18.3 Å². The maximum atomic E-state index is 12.5. The van der Waals surface area contributed by atoms with Crippen LogP contribution in [0.4, 0.5) is 5.69 Å². The highest BCUT2D eigenvalue weighted by atomic mass is 16.8. The first kappa shape index (κ1) is 26.1. The Kier molecular flexibility index (Phi) is 8.38. The van der Waals surface area contributed by atoms with Crippen molar-refractivity contribution < 1.29 is 24.3 Å². The third kappa shape index (κ3) is 6.53. The predicted octanol–water partition coefficient (Wildman–Crippen LogP) is 6.58. The van der Waals surface area contributed by atoms with Gasteiger partial charge in [0, 0.05) is 12.0 Å². The van der Waals surface area contributed by atoms with Gasteiger partial charge in [0.15, 0.2) is 17.3 Å². The molecule has 0 bridgehead atoms. The fraction of sp³-hybridized carbons (Fsp3) is 0.321. The molecule has 3 rings (SSSR count). The molecule has 2 aromatic rings. The molecule has 2 heterocycles. The summed E-state index contributed by atoms with van der Waals surface area (Å²) in [6.45, 7) is 9.64. The molecule has 0 amide bonds. The van der Waals surface area contributed by atoms with Gasteiger partial charge in [-0.25, -0.2) is 0 Å². The van der Waals surface area contributed by atoms with Crippen LogP contribution in [0.25, 0.3) is 6.08 Å². The molecule has 0 spiro atoms. The zero-order chi connectivity index (χ0) is 25.7. The molecular weight excluding hydrogens is 446 g/mol. The van der Waals surface area contributed by atoms with E-state index in [4.69, 9.17) is 24.3 Å². The van der Waals surface area contributed by atoms with E-state index in [0.29, 0.717) is 29.0 Å². The van der Waals surface area contributed by atoms with Crippen molar-refractivity contribution >= 4 is 11.8 Å². The van der Waals surface area contributed by atoms with Gasteiger partial charge in [-0.1, -0.05) is 47.1 Å². The molecule has 186 valence electrons. The Morgan fingerprint density at radius 1 is 1.09 bits per heavy atom. The first-order chi connectivity index (χ1) is 16.6. The normalized spacial score (nSPS) is 16.7. The zero-order valence-electron chi connectivity index (χ0n) is 21.1. The lowest BCUT2D eigenvalue weighted by Crippen LogP contribution is -2.15. The van der Waals surface area contributed by atoms with Crippen molar-refractivity contribution in [1.29, 1.82) is 0 Å². The molecule has 0 radical (unpaired) electrons. The van der Waals surface area contributed by atoms with Crippen molar-refractivity contribution in [3.05, 3.63) is 97.6 Å². The average molecular weight is 480 g/mol. The summed E-state index contributed by atoms with van der Waals surface area (Å²) in [5.41, 5.74) is 6.72. The molecule has 1 unspecified atom stereocenters. The third-order valence-electron chi connectivity index (χ3n) is 5.82. The summed E-state index contributed by atoms with van der Waals surface area (Å²) in [6, 6.07) is 6.94. The number of allylic oxidation sites excluding steroid dienone is 5. The number of hydrogen-bond acceptors (Lipinski definition) is 7. The van der Waals surface area contributed by atoms with Crippen LogP contribution in [0.1, 0.15) is 62.2 Å². The maximum absolute atomic E-state index is 12.5. The van der Waals surface area contributed by atoms with Crippen LogP contribution in [0.5, 0.6) is 5.95 Å². The molecule has 1 atom stereocenters. The lowest BCUT2D eigenvalue weighted by Gasteiger charge is -2.14. The minimum Gasteiger partial charge on any atom is -0.489 e. The van der Waals surface area contributed by atoms with Crippen LogP contribution in [-0.2, 0) is 4.74 Å². The molecule has 1 aromatic heterocycles. The van der Waals surface area contributed by atoms with E-state index in [1.807, 2.05) is 19.1 Å². The third-order valence-corrected chi connectivity index (χ3v) is 5.82. The second kappa shape index (κ2) is 11.3. The highest BCUT2D eigenvalue weighted by Crippen LogP contribution is 2.35. The van der Waals surface area contributed by atoms with Gasteiger partial charge < -0.3 is 13.9 Å². The largest absolute Gasteiger partial charge is 0.489 e. The van der Waals surface area contributed by atoms with Crippen LogP contribution >= 0.6 is 0 Å². The number of methoxy groups -OCH3 is 1. The molecule has 35 heavy (non-hydrogen) atoms. The quantitative estimate of drug-likeness (QED) is 0.326. The van der Waals surface area contributed by atoms with E-state index in [0.717, 1.165) is 23.1 Å². The van der Waals surface area contributed by atoms with Crippen LogP contribution in [0.3, 0.4) is 0 Å². The van der Waals surface area contributed by atoms with Crippen molar-refractivity contribution in [2.45, 2.75) is 53.6 Å². The Balaban J connectivity index is 1.65. The molecule has 0 aliphatic carbocycles. The summed E-state index contributed by atoms with van der Waals surface area (Å²) in [4.78, 5) is 12.5. The Hall–Kier alpha value is -3.55. The summed E-state index contributed by atoms with van der Waals surface area (Å²) in [7, 11) is 1.48. The number of rotatable bonds is 8. The summed E-state index contributed by atoms with van der Waals surface area (Å²) < 4.78 is 16.9. The summed E-state index contributed by atoms with van der Waals surface area (Å²) in [6.07, 6.45) is 9.07. The van der Waals surface area contributed by atoms with Gasteiger partial charge in [-0.05, 0) is 64.3 Å². The van der Waals surface area contributed by atoms with Crippen molar-refractivity contribution in [3.63, 3.8) is 0 Å². The van der Waals surface area contributed by atoms with Gasteiger partial charge in [-0.2, -0.15) is 0 Å². The highest BCUT2D eigenvalue weighted by molar-refractivity contribution is 5.57. The van der Waals surface area contributed by atoms with Gasteiger partial charge in [-0.15, -0.1) is 5.23 Å². The SMILES string of the molecule is COc1oc(C2CC(C=C(C)C=C(C)CC(C)=Cc3ccc(N(O)O)cc3)=CO2)c(C)c(=O)c1C. The monoisotopic (exact) mass is 479 g/mol. The van der Waals surface area contributed by atoms with E-state index in [1.54, 1.807) is 32.2 Å². The Morgan fingerprint density at radius 3 is 2.40 bits per heavy atom. The van der Waals surface area contributed by atoms with Crippen molar-refractivity contribution in [3.8, 4) is 5.95 Å². The standard InChI is InChI=1S/C28H33NO6/c1-17(11-18(2)13-22-7-9-24(10-8-22)29(31)32)12-19(3)14-23-15-25(34-16-23)27-20(4)26(30)21(5)28(33-6)35-27/h7-10,12-14,16,25,31-32H,11,15H2,1-6H3. The van der Waals surface area contributed by atoms with Crippen molar-refractivity contribution in [2.24, 2.45) is 0 Å². The molecule has 2 N–H and O–H groups in total. The molecular formula is C28H33NO6. The molecule has 0 saturated carbocycles. The van der Waals surface area contributed by atoms with Crippen LogP contribution in [-0.4, -0.2) is 17.5 Å². The minimum atomic E-state index is -0.360. The van der Waals surface area contributed by atoms with Crippen molar-refractivity contribution in [2.75, 3.05) is 12.3 Å². The lowest BCUT2D eigenvalue weighted by atomic mass is 10.0. The Bertz CT molecular complexity index is 1250. The van der Waals surface area contributed by atoms with Gasteiger partial charge in [0.05, 0.1) is 24.6 Å². The number of nitrogens with zero attached hydrogens (tertiary/aromatic N) is 1. The van der Waals surface area contributed by atoms with Crippen LogP contribution in [0, 0.1) is 13.8 Å². The first-order valence-electron chi connectivity index (χ1n) is 11.4. The van der Waals surface area contributed by atoms with Gasteiger partial charge in [0.25, 0.3) is 5.95 Å². The van der Waals surface area contributed by atoms with E-state index in [9.17, 15) is 4.79 Å². The summed E-state index contributed by atoms with van der Waals surface area (Å²) in [5, 5.41) is 18.2. The lowest BCUT2D eigenvalue weighted by molar-refractivity contribution is 0.0291. The van der Waals surface area contributed by atoms with Crippen LogP contribution in [0.2, 0.25) is 0 Å². The average Bonchev–Trinajstić information content (AvgIpc) is 3.25. The highest BCUT2D eigenvalue weighted by Gasteiger charge is 2.27. The zero-order valence-corrected chi connectivity index (χ0v) is 21.1. The van der Waals surface area contributed by atoms with E-state index >= 15 is 0 Å². The van der Waals surface area contributed by atoms with E-state index in [-0.39, 0.29) is 22.7 Å². The number of anilines is 1. The van der Waals surface area contributed by atoms with Gasteiger partial charge >= 0.3 is 0 Å². The fourth-order valence-electron chi connectivity index (χ4n) is 4.22. The maximum Gasteiger partial charge on any atom is 0.291 e. The second-order valence-electron chi connectivity index (χ2n) is 8.99. The van der Waals surface area contributed by atoms with Crippen LogP contribution < -0.4 is 15.4 Å². The van der Waals surface area contributed by atoms with Gasteiger partial charge in [-0.3, -0.25) is 15.2 Å². The van der Waals surface area contributed by atoms with E-state index in [2.05, 4.69) is 32.1 Å². The molecule has 0 fully saturated rings. The predicted molar refractivity (Wildman–Crippen MR) is 136 cm³/mol. The summed E-state index contributed by atoms with van der Waals surface area (Å²) in [5.74, 6) is 0.724. The molecule has 1 aliphatic rings. The fourth-order valence-corrected chi connectivity index (χ4v) is 4.22. The van der Waals surface area contributed by atoms with Crippen LogP contribution in [0.15, 0.2) is 74.2 Å². The number of hydrogen-bond donors (Lipinski definition) is 2. The number of ether oxygens (including phenoxy) is 2. The molecule has 7 heteroatoms. The van der Waals surface area contributed by atoms with Gasteiger partial charge in [0.2, 0.25) is 0 Å². The van der Waals surface area contributed by atoms with Crippen molar-refractivity contribution in [1.82, 2.24) is 0 Å². The Morgan fingerprint density at radius 2 is 1.77 bits per heavy atom. The molecule has 7 nitrogen and oxygen atoms in total.